The van der Waals surface area contributed by atoms with Crippen LogP contribution in [0.2, 0.25) is 5.02 Å². The molecule has 4 heterocycles. The maximum Gasteiger partial charge on any atom is 0.420 e. The number of pyridine rings is 1. The highest BCUT2D eigenvalue weighted by molar-refractivity contribution is 7.96. The first-order valence-corrected chi connectivity index (χ1v) is 11.5. The summed E-state index contributed by atoms with van der Waals surface area (Å²) in [5.74, 6) is -0.0874. The number of rotatable bonds is 5. The van der Waals surface area contributed by atoms with Crippen LogP contribution in [0.1, 0.15) is 17.7 Å². The molecule has 3 aromatic rings. The summed E-state index contributed by atoms with van der Waals surface area (Å²) in [6.45, 7) is 2.57. The van der Waals surface area contributed by atoms with Gasteiger partial charge in [0, 0.05) is 31.7 Å². The molecule has 1 aliphatic rings. The molecular formula is C20H20ClF4N7S. The Bertz CT molecular complexity index is 1140. The first-order valence-electron chi connectivity index (χ1n) is 9.97. The average molecular weight is 502 g/mol. The third-order valence-corrected chi connectivity index (χ3v) is 6.63. The first-order chi connectivity index (χ1) is 15.7. The van der Waals surface area contributed by atoms with Crippen molar-refractivity contribution in [1.29, 1.82) is 0 Å². The highest BCUT2D eigenvalue weighted by Gasteiger charge is 2.37. The molecule has 7 nitrogen and oxygen atoms in total. The van der Waals surface area contributed by atoms with Gasteiger partial charge in [-0.1, -0.05) is 23.5 Å². The van der Waals surface area contributed by atoms with E-state index >= 15 is 0 Å². The molecule has 1 fully saturated rings. The van der Waals surface area contributed by atoms with Crippen LogP contribution in [0.15, 0.2) is 31.0 Å². The van der Waals surface area contributed by atoms with Crippen LogP contribution in [0.25, 0.3) is 17.1 Å². The van der Waals surface area contributed by atoms with Gasteiger partial charge in [-0.3, -0.25) is 4.98 Å². The second kappa shape index (κ2) is 9.43. The van der Waals surface area contributed by atoms with Crippen LogP contribution in [-0.2, 0) is 6.18 Å². The van der Waals surface area contributed by atoms with Gasteiger partial charge >= 0.3 is 6.18 Å². The highest BCUT2D eigenvalue weighted by atomic mass is 35.5. The Morgan fingerprint density at radius 1 is 1.24 bits per heavy atom. The smallest absolute Gasteiger partial charge is 0.348 e. The number of hydrogen-bond donors (Lipinski definition) is 1. The van der Waals surface area contributed by atoms with Gasteiger partial charge in [0.15, 0.2) is 0 Å². The van der Waals surface area contributed by atoms with Crippen LogP contribution in [0.5, 0.6) is 0 Å². The van der Waals surface area contributed by atoms with Crippen LogP contribution in [0, 0.1) is 6.92 Å². The van der Waals surface area contributed by atoms with Crippen LogP contribution < -0.4 is 5.32 Å². The summed E-state index contributed by atoms with van der Waals surface area (Å²) in [6.07, 6.45) is 1.41. The lowest BCUT2D eigenvalue weighted by molar-refractivity contribution is -0.137. The van der Waals surface area contributed by atoms with E-state index in [0.29, 0.717) is 35.6 Å². The Labute approximate surface area is 196 Å². The Balaban J connectivity index is 1.67. The van der Waals surface area contributed by atoms with Crippen molar-refractivity contribution in [2.24, 2.45) is 0 Å². The van der Waals surface area contributed by atoms with Gasteiger partial charge in [-0.2, -0.15) is 13.2 Å². The molecule has 0 spiro atoms. The van der Waals surface area contributed by atoms with E-state index in [9.17, 15) is 17.6 Å². The van der Waals surface area contributed by atoms with E-state index in [4.69, 9.17) is 11.6 Å². The maximum atomic E-state index is 14.5. The largest absolute Gasteiger partial charge is 0.420 e. The molecule has 0 aromatic carbocycles. The summed E-state index contributed by atoms with van der Waals surface area (Å²) >= 11 is 7.74. The zero-order valence-corrected chi connectivity index (χ0v) is 19.2. The number of anilines is 1. The summed E-state index contributed by atoms with van der Waals surface area (Å²) < 4.78 is 59.0. The lowest BCUT2D eigenvalue weighted by Gasteiger charge is -2.33. The topological polar surface area (TPSA) is 71.8 Å². The van der Waals surface area contributed by atoms with Gasteiger partial charge in [0.25, 0.3) is 0 Å². The minimum Gasteiger partial charge on any atom is -0.348 e. The Morgan fingerprint density at radius 3 is 2.73 bits per heavy atom. The number of halogens is 5. The molecule has 0 saturated carbocycles. The number of hydrogen-bond acceptors (Lipinski definition) is 7. The Kier molecular flexibility index (Phi) is 6.78. The van der Waals surface area contributed by atoms with E-state index in [2.05, 4.69) is 25.3 Å². The molecule has 176 valence electrons. The normalized spacial score (nSPS) is 19.6. The summed E-state index contributed by atoms with van der Waals surface area (Å²) in [4.78, 5) is 16.1. The number of nitrogens with one attached hydrogen (secondary N) is 1. The summed E-state index contributed by atoms with van der Waals surface area (Å²) in [6, 6.07) is 1.02. The number of piperidine rings is 1. The quantitative estimate of drug-likeness (QED) is 0.397. The van der Waals surface area contributed by atoms with Crippen molar-refractivity contribution >= 4 is 29.5 Å². The van der Waals surface area contributed by atoms with Crippen molar-refractivity contribution in [3.8, 4) is 17.1 Å². The SMILES string of the molecule is CSN1CCC(Nc2ncc(C(F)(F)F)c(-c3cn(-c4ccnc(C)c4Cl)cn3)n2)C(F)C1. The molecule has 0 radical (unpaired) electrons. The lowest BCUT2D eigenvalue weighted by Crippen LogP contribution is -2.45. The van der Waals surface area contributed by atoms with Crippen molar-refractivity contribution in [2.45, 2.75) is 31.7 Å². The third kappa shape index (κ3) is 5.07. The number of aryl methyl sites for hydroxylation is 1. The van der Waals surface area contributed by atoms with Gasteiger partial charge in [-0.25, -0.2) is 23.6 Å². The zero-order valence-electron chi connectivity index (χ0n) is 17.6. The van der Waals surface area contributed by atoms with Crippen LogP contribution >= 0.6 is 23.5 Å². The molecular weight excluding hydrogens is 482 g/mol. The van der Waals surface area contributed by atoms with Crippen LogP contribution in [0.3, 0.4) is 0 Å². The zero-order chi connectivity index (χ0) is 23.8. The van der Waals surface area contributed by atoms with E-state index in [1.54, 1.807) is 19.2 Å². The van der Waals surface area contributed by atoms with E-state index in [1.807, 2.05) is 10.6 Å². The minimum absolute atomic E-state index is 0.0210. The fraction of sp³-hybridized carbons (Fsp3) is 0.400. The summed E-state index contributed by atoms with van der Waals surface area (Å²) in [5, 5.41) is 3.21. The number of aromatic nitrogens is 5. The molecule has 2 atom stereocenters. The van der Waals surface area contributed by atoms with Gasteiger partial charge in [0.05, 0.1) is 22.4 Å². The van der Waals surface area contributed by atoms with Crippen molar-refractivity contribution < 1.29 is 17.6 Å². The summed E-state index contributed by atoms with van der Waals surface area (Å²) in [7, 11) is 0. The molecule has 3 aromatic heterocycles. The van der Waals surface area contributed by atoms with E-state index in [-0.39, 0.29) is 18.2 Å². The fourth-order valence-corrected chi connectivity index (χ4v) is 4.33. The minimum atomic E-state index is -4.70. The number of alkyl halides is 4. The Morgan fingerprint density at radius 2 is 2.03 bits per heavy atom. The van der Waals surface area contributed by atoms with Gasteiger partial charge in [-0.05, 0) is 25.7 Å². The average Bonchev–Trinajstić information content (AvgIpc) is 3.26. The standard InChI is InChI=1S/C20H20ClF4N7S/c1-11-17(21)16(3-5-26-11)31-9-15(28-10-31)18-12(20(23,24)25)7-27-19(30-18)29-14-4-6-32(33-2)8-13(14)22/h3,5,7,9-10,13-14H,4,6,8H2,1-2H3,(H,27,29,30). The number of nitrogens with zero attached hydrogens (tertiary/aromatic N) is 6. The van der Waals surface area contributed by atoms with E-state index in [1.165, 1.54) is 29.0 Å². The van der Waals surface area contributed by atoms with Crippen molar-refractivity contribution in [3.63, 3.8) is 0 Å². The van der Waals surface area contributed by atoms with Crippen molar-refractivity contribution in [1.82, 2.24) is 28.8 Å². The van der Waals surface area contributed by atoms with E-state index < -0.39 is 29.6 Å². The maximum absolute atomic E-state index is 14.5. The molecule has 1 saturated heterocycles. The van der Waals surface area contributed by atoms with Gasteiger partial charge in [0.2, 0.25) is 5.95 Å². The monoisotopic (exact) mass is 501 g/mol. The molecule has 4 rings (SSSR count). The third-order valence-electron chi connectivity index (χ3n) is 5.32. The van der Waals surface area contributed by atoms with Crippen molar-refractivity contribution in [3.05, 3.63) is 47.3 Å². The number of imidazole rings is 1. The molecule has 2 unspecified atom stereocenters. The lowest BCUT2D eigenvalue weighted by atomic mass is 10.1. The fourth-order valence-electron chi connectivity index (χ4n) is 3.54. The van der Waals surface area contributed by atoms with E-state index in [0.717, 1.165) is 0 Å². The predicted molar refractivity (Wildman–Crippen MR) is 119 cm³/mol. The molecule has 33 heavy (non-hydrogen) atoms. The summed E-state index contributed by atoms with van der Waals surface area (Å²) in [5.41, 5.74) is -0.374. The molecule has 0 amide bonds. The van der Waals surface area contributed by atoms with Crippen LogP contribution in [-0.4, -0.2) is 60.4 Å². The second-order valence-corrected chi connectivity index (χ2v) is 8.73. The Hall–Kier alpha value is -2.44. The first kappa shape index (κ1) is 23.7. The molecule has 13 heteroatoms. The molecule has 1 aliphatic heterocycles. The van der Waals surface area contributed by atoms with Gasteiger partial charge < -0.3 is 9.88 Å². The molecule has 1 N–H and O–H groups in total. The predicted octanol–water partition coefficient (Wildman–Crippen LogP) is 4.81. The van der Waals surface area contributed by atoms with Gasteiger partial charge in [0.1, 0.15) is 29.5 Å². The highest BCUT2D eigenvalue weighted by Crippen LogP contribution is 2.36. The van der Waals surface area contributed by atoms with Gasteiger partial charge in [-0.15, -0.1) is 0 Å². The second-order valence-electron chi connectivity index (χ2n) is 7.48. The molecule has 0 aliphatic carbocycles. The molecule has 0 bridgehead atoms. The van der Waals surface area contributed by atoms with Crippen LogP contribution in [0.4, 0.5) is 23.5 Å². The van der Waals surface area contributed by atoms with Crippen molar-refractivity contribution in [2.75, 3.05) is 24.7 Å².